The summed E-state index contributed by atoms with van der Waals surface area (Å²) in [4.78, 5) is 39.6. The molecule has 1 N–H and O–H groups in total. The number of carbonyl (C=O) groups is 3. The first kappa shape index (κ1) is 16.6. The highest BCUT2D eigenvalue weighted by Gasteiger charge is 2.33. The number of fused-ring (bicyclic) bond motifs is 1. The van der Waals surface area contributed by atoms with E-state index in [0.29, 0.717) is 29.2 Å². The van der Waals surface area contributed by atoms with Gasteiger partial charge in [-0.3, -0.25) is 19.3 Å². The second-order valence-corrected chi connectivity index (χ2v) is 6.73. The highest BCUT2D eigenvalue weighted by molar-refractivity contribution is 6.21. The van der Waals surface area contributed by atoms with E-state index in [-0.39, 0.29) is 17.7 Å². The molecule has 24 heavy (non-hydrogen) atoms. The van der Waals surface area contributed by atoms with Crippen LogP contribution in [-0.2, 0) is 0 Å². The number of hydrogen-bond acceptors (Lipinski definition) is 4. The molecule has 0 bridgehead atoms. The van der Waals surface area contributed by atoms with Crippen LogP contribution in [0.5, 0.6) is 0 Å². The van der Waals surface area contributed by atoms with Gasteiger partial charge in [-0.15, -0.1) is 0 Å². The molecule has 3 amide bonds. The van der Waals surface area contributed by atoms with E-state index in [1.54, 1.807) is 12.1 Å². The van der Waals surface area contributed by atoms with Crippen molar-refractivity contribution in [2.24, 2.45) is 5.92 Å². The van der Waals surface area contributed by atoms with Crippen LogP contribution >= 0.6 is 0 Å². The second kappa shape index (κ2) is 6.73. The number of amides is 3. The minimum atomic E-state index is -0.355. The van der Waals surface area contributed by atoms with E-state index in [2.05, 4.69) is 17.1 Å². The van der Waals surface area contributed by atoms with Crippen molar-refractivity contribution in [2.75, 3.05) is 33.2 Å². The summed E-state index contributed by atoms with van der Waals surface area (Å²) in [5, 5.41) is 2.90. The van der Waals surface area contributed by atoms with Crippen LogP contribution in [0.2, 0.25) is 0 Å². The van der Waals surface area contributed by atoms with Crippen molar-refractivity contribution < 1.29 is 14.4 Å². The van der Waals surface area contributed by atoms with Gasteiger partial charge in [0.25, 0.3) is 17.7 Å². The Morgan fingerprint density at radius 1 is 1.25 bits per heavy atom. The van der Waals surface area contributed by atoms with Crippen molar-refractivity contribution in [3.8, 4) is 0 Å². The normalized spacial score (nSPS) is 21.1. The van der Waals surface area contributed by atoms with E-state index in [1.165, 1.54) is 26.0 Å². The average molecular weight is 329 g/mol. The minimum absolute atomic E-state index is 0.211. The smallest absolute Gasteiger partial charge is 0.261 e. The number of nitrogens with zero attached hydrogens (tertiary/aromatic N) is 2. The zero-order valence-electron chi connectivity index (χ0n) is 14.2. The summed E-state index contributed by atoms with van der Waals surface area (Å²) in [6, 6.07) is 4.67. The molecule has 6 heteroatoms. The predicted molar refractivity (Wildman–Crippen MR) is 90.0 cm³/mol. The second-order valence-electron chi connectivity index (χ2n) is 6.73. The molecule has 2 aliphatic rings. The van der Waals surface area contributed by atoms with E-state index in [4.69, 9.17) is 0 Å². The van der Waals surface area contributed by atoms with Gasteiger partial charge in [-0.25, -0.2) is 0 Å². The van der Waals surface area contributed by atoms with E-state index in [9.17, 15) is 14.4 Å². The maximum atomic E-state index is 12.3. The van der Waals surface area contributed by atoms with Gasteiger partial charge in [0.1, 0.15) is 0 Å². The molecule has 6 nitrogen and oxygen atoms in total. The van der Waals surface area contributed by atoms with Gasteiger partial charge in [-0.2, -0.15) is 0 Å². The third-order valence-corrected chi connectivity index (χ3v) is 4.81. The number of rotatable bonds is 4. The van der Waals surface area contributed by atoms with Crippen molar-refractivity contribution in [3.05, 3.63) is 34.9 Å². The SMILES string of the molecule is CC1CCCN(CCNC(=O)c2ccc3c(c2)C(=O)N(C)C3=O)C1. The van der Waals surface area contributed by atoms with Gasteiger partial charge in [0, 0.05) is 32.2 Å². The molecular formula is C18H23N3O3. The molecule has 0 aromatic heterocycles. The minimum Gasteiger partial charge on any atom is -0.351 e. The molecule has 0 spiro atoms. The number of benzene rings is 1. The lowest BCUT2D eigenvalue weighted by atomic mass is 10.0. The Balaban J connectivity index is 1.58. The van der Waals surface area contributed by atoms with Crippen LogP contribution in [0, 0.1) is 5.92 Å². The maximum absolute atomic E-state index is 12.3. The van der Waals surface area contributed by atoms with Gasteiger partial charge in [0.2, 0.25) is 0 Å². The molecule has 1 aromatic rings. The topological polar surface area (TPSA) is 69.7 Å². The zero-order chi connectivity index (χ0) is 17.3. The number of likely N-dealkylation sites (tertiary alicyclic amines) is 1. The first-order chi connectivity index (χ1) is 11.5. The summed E-state index contributed by atoms with van der Waals surface area (Å²) >= 11 is 0. The first-order valence-electron chi connectivity index (χ1n) is 8.44. The third-order valence-electron chi connectivity index (χ3n) is 4.81. The number of imide groups is 1. The molecular weight excluding hydrogens is 306 g/mol. The molecule has 3 rings (SSSR count). The molecule has 2 heterocycles. The van der Waals surface area contributed by atoms with Gasteiger partial charge in [-0.1, -0.05) is 6.92 Å². The number of carbonyl (C=O) groups excluding carboxylic acids is 3. The van der Waals surface area contributed by atoms with Gasteiger partial charge < -0.3 is 10.2 Å². The fourth-order valence-electron chi connectivity index (χ4n) is 3.42. The number of hydrogen-bond donors (Lipinski definition) is 1. The standard InChI is InChI=1S/C18H23N3O3/c1-12-4-3-8-21(11-12)9-7-19-16(22)13-5-6-14-15(10-13)18(24)20(2)17(14)23/h5-6,10,12H,3-4,7-9,11H2,1-2H3,(H,19,22). The monoisotopic (exact) mass is 329 g/mol. The largest absolute Gasteiger partial charge is 0.351 e. The van der Waals surface area contributed by atoms with Crippen molar-refractivity contribution in [3.63, 3.8) is 0 Å². The average Bonchev–Trinajstić information content (AvgIpc) is 2.79. The Hall–Kier alpha value is -2.21. The Morgan fingerprint density at radius 3 is 2.75 bits per heavy atom. The van der Waals surface area contributed by atoms with E-state index in [0.717, 1.165) is 24.5 Å². The van der Waals surface area contributed by atoms with Gasteiger partial charge >= 0.3 is 0 Å². The zero-order valence-corrected chi connectivity index (χ0v) is 14.2. The third kappa shape index (κ3) is 3.19. The fraction of sp³-hybridized carbons (Fsp3) is 0.500. The van der Waals surface area contributed by atoms with Crippen LogP contribution < -0.4 is 5.32 Å². The summed E-state index contributed by atoms with van der Waals surface area (Å²) in [5.74, 6) is -0.169. The van der Waals surface area contributed by atoms with Gasteiger partial charge in [0.05, 0.1) is 11.1 Å². The van der Waals surface area contributed by atoms with Crippen LogP contribution in [-0.4, -0.2) is 60.7 Å². The molecule has 1 atom stereocenters. The summed E-state index contributed by atoms with van der Waals surface area (Å²) in [6.45, 7) is 5.83. The molecule has 128 valence electrons. The highest BCUT2D eigenvalue weighted by Crippen LogP contribution is 2.22. The van der Waals surface area contributed by atoms with Crippen LogP contribution in [0.3, 0.4) is 0 Å². The van der Waals surface area contributed by atoms with E-state index < -0.39 is 0 Å². The van der Waals surface area contributed by atoms with Crippen molar-refractivity contribution in [1.29, 1.82) is 0 Å². The van der Waals surface area contributed by atoms with Crippen molar-refractivity contribution >= 4 is 17.7 Å². The quantitative estimate of drug-likeness (QED) is 0.847. The summed E-state index contributed by atoms with van der Waals surface area (Å²) in [7, 11) is 1.45. The van der Waals surface area contributed by atoms with Crippen LogP contribution in [0.4, 0.5) is 0 Å². The molecule has 2 aliphatic heterocycles. The molecule has 0 radical (unpaired) electrons. The first-order valence-corrected chi connectivity index (χ1v) is 8.44. The van der Waals surface area contributed by atoms with Gasteiger partial charge in [-0.05, 0) is 43.5 Å². The lowest BCUT2D eigenvalue weighted by Gasteiger charge is -2.30. The molecule has 0 saturated carbocycles. The Bertz CT molecular complexity index is 686. The van der Waals surface area contributed by atoms with E-state index >= 15 is 0 Å². The lowest BCUT2D eigenvalue weighted by molar-refractivity contribution is 0.0693. The predicted octanol–water partition coefficient (Wildman–Crippen LogP) is 1.37. The number of piperidine rings is 1. The van der Waals surface area contributed by atoms with Crippen molar-refractivity contribution in [1.82, 2.24) is 15.1 Å². The molecule has 1 saturated heterocycles. The summed E-state index contributed by atoms with van der Waals surface area (Å²) < 4.78 is 0. The summed E-state index contributed by atoms with van der Waals surface area (Å²) in [5.41, 5.74) is 1.08. The van der Waals surface area contributed by atoms with Gasteiger partial charge in [0.15, 0.2) is 0 Å². The van der Waals surface area contributed by atoms with Crippen LogP contribution in [0.25, 0.3) is 0 Å². The fourth-order valence-corrected chi connectivity index (χ4v) is 3.42. The van der Waals surface area contributed by atoms with Crippen LogP contribution in [0.15, 0.2) is 18.2 Å². The van der Waals surface area contributed by atoms with Crippen LogP contribution in [0.1, 0.15) is 50.8 Å². The maximum Gasteiger partial charge on any atom is 0.261 e. The Kier molecular flexibility index (Phi) is 4.66. The summed E-state index contributed by atoms with van der Waals surface area (Å²) in [6.07, 6.45) is 2.49. The van der Waals surface area contributed by atoms with E-state index in [1.807, 2.05) is 0 Å². The molecule has 1 unspecified atom stereocenters. The molecule has 0 aliphatic carbocycles. The Morgan fingerprint density at radius 2 is 2.00 bits per heavy atom. The lowest BCUT2D eigenvalue weighted by Crippen LogP contribution is -2.40. The highest BCUT2D eigenvalue weighted by atomic mass is 16.2. The number of nitrogens with one attached hydrogen (secondary N) is 1. The van der Waals surface area contributed by atoms with Crippen molar-refractivity contribution in [2.45, 2.75) is 19.8 Å². The molecule has 1 fully saturated rings. The molecule has 1 aromatic carbocycles. The Labute approximate surface area is 141 Å².